The lowest BCUT2D eigenvalue weighted by Gasteiger charge is -2.36. The molecule has 7 nitrogen and oxygen atoms in total. The summed E-state index contributed by atoms with van der Waals surface area (Å²) in [6.07, 6.45) is 1.49. The minimum Gasteiger partial charge on any atom is -0.489 e. The van der Waals surface area contributed by atoms with Crippen LogP contribution >= 0.6 is 24.0 Å². The Balaban J connectivity index is 0.00000320. The molecule has 1 amide bonds. The van der Waals surface area contributed by atoms with Gasteiger partial charge in [0.2, 0.25) is 0 Å². The predicted molar refractivity (Wildman–Crippen MR) is 129 cm³/mol. The van der Waals surface area contributed by atoms with Gasteiger partial charge < -0.3 is 24.3 Å². The van der Waals surface area contributed by atoms with Crippen LogP contribution in [-0.4, -0.2) is 67.0 Å². The van der Waals surface area contributed by atoms with Crippen molar-refractivity contribution in [3.8, 4) is 5.75 Å². The number of nitrogens with zero attached hydrogens (tertiary/aromatic N) is 3. The fourth-order valence-corrected chi connectivity index (χ4v) is 3.28. The first-order valence-electron chi connectivity index (χ1n) is 10.2. The van der Waals surface area contributed by atoms with Crippen molar-refractivity contribution in [1.29, 1.82) is 0 Å². The van der Waals surface area contributed by atoms with Crippen LogP contribution in [0.1, 0.15) is 30.0 Å². The summed E-state index contributed by atoms with van der Waals surface area (Å²) < 4.78 is 11.2. The van der Waals surface area contributed by atoms with E-state index in [2.05, 4.69) is 30.1 Å². The van der Waals surface area contributed by atoms with Gasteiger partial charge in [0, 0.05) is 32.7 Å². The van der Waals surface area contributed by atoms with Crippen molar-refractivity contribution in [1.82, 2.24) is 15.1 Å². The number of carbonyl (C=O) groups is 1. The fourth-order valence-electron chi connectivity index (χ4n) is 3.28. The van der Waals surface area contributed by atoms with Crippen molar-refractivity contribution in [3.05, 3.63) is 54.0 Å². The number of ether oxygens (including phenoxy) is 1. The first-order chi connectivity index (χ1) is 14.1. The minimum atomic E-state index is -0.0585. The highest BCUT2D eigenvalue weighted by atomic mass is 127. The Bertz CT molecular complexity index is 818. The molecule has 0 radical (unpaired) electrons. The smallest absolute Gasteiger partial charge is 0.289 e. The molecule has 0 bridgehead atoms. The number of hydrogen-bond donors (Lipinski definition) is 1. The summed E-state index contributed by atoms with van der Waals surface area (Å²) in [4.78, 5) is 21.2. The first-order valence-corrected chi connectivity index (χ1v) is 10.2. The number of amides is 1. The molecule has 1 unspecified atom stereocenters. The van der Waals surface area contributed by atoms with Gasteiger partial charge in [0.05, 0.1) is 12.8 Å². The number of furan rings is 1. The summed E-state index contributed by atoms with van der Waals surface area (Å²) in [6, 6.07) is 11.5. The summed E-state index contributed by atoms with van der Waals surface area (Å²) in [5.74, 6) is 2.05. The lowest BCUT2D eigenvalue weighted by molar-refractivity contribution is 0.0657. The van der Waals surface area contributed by atoms with Crippen LogP contribution in [0, 0.1) is 6.92 Å². The molecule has 3 rings (SSSR count). The van der Waals surface area contributed by atoms with E-state index in [4.69, 9.17) is 14.1 Å². The number of aliphatic imine (C=N–C) groups is 1. The molecule has 8 heteroatoms. The molecule has 1 aromatic heterocycles. The van der Waals surface area contributed by atoms with Gasteiger partial charge in [-0.1, -0.05) is 12.1 Å². The number of hydrogen-bond acceptors (Lipinski definition) is 4. The average molecular weight is 526 g/mol. The largest absolute Gasteiger partial charge is 0.489 e. The normalized spacial score (nSPS) is 15.4. The number of benzene rings is 1. The van der Waals surface area contributed by atoms with Gasteiger partial charge >= 0.3 is 0 Å². The Hall–Kier alpha value is -2.23. The van der Waals surface area contributed by atoms with Crippen LogP contribution in [-0.2, 0) is 0 Å². The van der Waals surface area contributed by atoms with Crippen LogP contribution in [0.25, 0.3) is 0 Å². The molecule has 2 aromatic rings. The highest BCUT2D eigenvalue weighted by Gasteiger charge is 2.25. The summed E-state index contributed by atoms with van der Waals surface area (Å²) in [6.45, 7) is 10.2. The Morgan fingerprint density at radius 3 is 2.57 bits per heavy atom. The number of aryl methyl sites for hydroxylation is 1. The van der Waals surface area contributed by atoms with Gasteiger partial charge in [0.15, 0.2) is 11.7 Å². The second kappa shape index (κ2) is 11.8. The Labute approximate surface area is 195 Å². The van der Waals surface area contributed by atoms with Crippen molar-refractivity contribution in [3.63, 3.8) is 0 Å². The van der Waals surface area contributed by atoms with Gasteiger partial charge in [-0.3, -0.25) is 4.79 Å². The number of carbonyl (C=O) groups excluding carboxylic acids is 1. The maximum Gasteiger partial charge on any atom is 0.289 e. The number of piperazine rings is 1. The van der Waals surface area contributed by atoms with E-state index in [9.17, 15) is 4.79 Å². The minimum absolute atomic E-state index is 0. The number of halogens is 1. The summed E-state index contributed by atoms with van der Waals surface area (Å²) in [7, 11) is 0. The average Bonchev–Trinajstić information content (AvgIpc) is 3.25. The quantitative estimate of drug-likeness (QED) is 0.355. The molecule has 1 aliphatic rings. The standard InChI is InChI=1S/C22H30N4O3.HI/c1-4-23-22(24-16-18(3)29-19-8-5-7-17(2)15-19)26-12-10-25(11-13-26)21(27)20-9-6-14-28-20;/h5-9,14-15,18H,4,10-13,16H2,1-3H3,(H,23,24);1H. The van der Waals surface area contributed by atoms with Crippen LogP contribution < -0.4 is 10.1 Å². The van der Waals surface area contributed by atoms with Gasteiger partial charge in [-0.15, -0.1) is 24.0 Å². The third-order valence-electron chi connectivity index (χ3n) is 4.76. The highest BCUT2D eigenvalue weighted by Crippen LogP contribution is 2.14. The van der Waals surface area contributed by atoms with Gasteiger partial charge in [-0.25, -0.2) is 4.99 Å². The molecule has 164 valence electrons. The molecule has 1 saturated heterocycles. The topological polar surface area (TPSA) is 70.3 Å². The fraction of sp³-hybridized carbons (Fsp3) is 0.455. The second-order valence-electron chi connectivity index (χ2n) is 7.20. The summed E-state index contributed by atoms with van der Waals surface area (Å²) in [5, 5.41) is 3.35. The molecular formula is C22H31IN4O3. The van der Waals surface area contributed by atoms with E-state index < -0.39 is 0 Å². The zero-order valence-corrected chi connectivity index (χ0v) is 20.2. The lowest BCUT2D eigenvalue weighted by atomic mass is 10.2. The maximum absolute atomic E-state index is 12.4. The molecule has 1 fully saturated rings. The van der Waals surface area contributed by atoms with E-state index in [1.165, 1.54) is 11.8 Å². The molecule has 1 aromatic carbocycles. The van der Waals surface area contributed by atoms with Crippen LogP contribution in [0.3, 0.4) is 0 Å². The number of rotatable bonds is 6. The Morgan fingerprint density at radius 1 is 1.20 bits per heavy atom. The van der Waals surface area contributed by atoms with Crippen LogP contribution in [0.4, 0.5) is 0 Å². The van der Waals surface area contributed by atoms with Gasteiger partial charge in [-0.05, 0) is 50.6 Å². The van der Waals surface area contributed by atoms with Crippen molar-refractivity contribution >= 4 is 35.8 Å². The van der Waals surface area contributed by atoms with Gasteiger partial charge in [-0.2, -0.15) is 0 Å². The third-order valence-corrected chi connectivity index (χ3v) is 4.76. The van der Waals surface area contributed by atoms with Crippen molar-refractivity contribution in [2.45, 2.75) is 26.9 Å². The first kappa shape index (κ1) is 24.0. The predicted octanol–water partition coefficient (Wildman–Crippen LogP) is 3.40. The SMILES string of the molecule is CCNC(=NCC(C)Oc1cccc(C)c1)N1CCN(C(=O)c2ccco2)CC1.I. The monoisotopic (exact) mass is 526 g/mol. The number of guanidine groups is 1. The van der Waals surface area contributed by atoms with Crippen LogP contribution in [0.5, 0.6) is 5.75 Å². The van der Waals surface area contributed by atoms with Crippen LogP contribution in [0.15, 0.2) is 52.1 Å². The van der Waals surface area contributed by atoms with Gasteiger partial charge in [0.1, 0.15) is 11.9 Å². The zero-order chi connectivity index (χ0) is 20.6. The molecule has 30 heavy (non-hydrogen) atoms. The summed E-state index contributed by atoms with van der Waals surface area (Å²) in [5.41, 5.74) is 1.17. The van der Waals surface area contributed by atoms with E-state index in [-0.39, 0.29) is 36.0 Å². The summed E-state index contributed by atoms with van der Waals surface area (Å²) >= 11 is 0. The molecule has 0 aliphatic carbocycles. The van der Waals surface area contributed by atoms with Crippen molar-refractivity contribution in [2.75, 3.05) is 39.3 Å². The van der Waals surface area contributed by atoms with E-state index in [0.29, 0.717) is 25.4 Å². The third kappa shape index (κ3) is 6.65. The molecule has 1 N–H and O–H groups in total. The van der Waals surface area contributed by atoms with E-state index in [1.807, 2.05) is 30.0 Å². The molecule has 1 atom stereocenters. The lowest BCUT2D eigenvalue weighted by Crippen LogP contribution is -2.53. The zero-order valence-electron chi connectivity index (χ0n) is 17.8. The molecule has 0 spiro atoms. The number of nitrogens with one attached hydrogen (secondary N) is 1. The van der Waals surface area contributed by atoms with Gasteiger partial charge in [0.25, 0.3) is 5.91 Å². The second-order valence-corrected chi connectivity index (χ2v) is 7.20. The molecule has 1 aliphatic heterocycles. The maximum atomic E-state index is 12.4. The molecule has 0 saturated carbocycles. The Morgan fingerprint density at radius 2 is 1.93 bits per heavy atom. The highest BCUT2D eigenvalue weighted by molar-refractivity contribution is 14.0. The molecule has 2 heterocycles. The van der Waals surface area contributed by atoms with Crippen molar-refractivity contribution in [2.24, 2.45) is 4.99 Å². The van der Waals surface area contributed by atoms with Crippen molar-refractivity contribution < 1.29 is 13.9 Å². The van der Waals surface area contributed by atoms with E-state index in [1.54, 1.807) is 12.1 Å². The van der Waals surface area contributed by atoms with E-state index in [0.717, 1.165) is 31.3 Å². The van der Waals surface area contributed by atoms with Crippen LogP contribution in [0.2, 0.25) is 0 Å². The van der Waals surface area contributed by atoms with E-state index >= 15 is 0 Å². The molecular weight excluding hydrogens is 495 g/mol. The Kier molecular flexibility index (Phi) is 9.48.